The summed E-state index contributed by atoms with van der Waals surface area (Å²) in [5, 5.41) is 3.17. The Morgan fingerprint density at radius 2 is 2.22 bits per heavy atom. The van der Waals surface area contributed by atoms with Gasteiger partial charge in [-0.15, -0.1) is 11.3 Å². The number of nitrogens with two attached hydrogens (primary N) is 1. The van der Waals surface area contributed by atoms with E-state index in [0.717, 1.165) is 23.3 Å². The van der Waals surface area contributed by atoms with Gasteiger partial charge in [0.05, 0.1) is 5.69 Å². The van der Waals surface area contributed by atoms with Crippen molar-refractivity contribution in [2.45, 2.75) is 25.8 Å². The Morgan fingerprint density at radius 1 is 1.56 bits per heavy atom. The number of rotatable bonds is 4. The third-order valence-electron chi connectivity index (χ3n) is 3.67. The monoisotopic (exact) mass is 268 g/mol. The molecule has 0 spiro atoms. The molecule has 1 saturated heterocycles. The minimum atomic E-state index is 0.0340. The number of likely N-dealkylation sites (tertiary alicyclic amines) is 1. The first-order valence-electron chi connectivity index (χ1n) is 6.67. The maximum Gasteiger partial charge on any atom is 0.185 e. The Hall–Kier alpha value is -0.650. The second-order valence-electron chi connectivity index (χ2n) is 5.47. The summed E-state index contributed by atoms with van der Waals surface area (Å²) in [4.78, 5) is 9.29. The van der Waals surface area contributed by atoms with Crippen molar-refractivity contribution < 1.29 is 0 Å². The lowest BCUT2D eigenvalue weighted by molar-refractivity contribution is 0.222. The molecule has 1 fully saturated rings. The van der Waals surface area contributed by atoms with Gasteiger partial charge >= 0.3 is 0 Å². The summed E-state index contributed by atoms with van der Waals surface area (Å²) in [6.07, 6.45) is 2.60. The molecule has 2 N–H and O–H groups in total. The van der Waals surface area contributed by atoms with E-state index >= 15 is 0 Å². The minimum Gasteiger partial charge on any atom is -0.351 e. The van der Waals surface area contributed by atoms with Gasteiger partial charge in [0.2, 0.25) is 0 Å². The molecule has 0 aromatic carbocycles. The molecule has 1 atom stereocenters. The molecule has 2 heterocycles. The van der Waals surface area contributed by atoms with E-state index in [2.05, 4.69) is 34.3 Å². The normalized spacial score (nSPS) is 20.0. The predicted octanol–water partition coefficient (Wildman–Crippen LogP) is 1.94. The Balaban J connectivity index is 1.88. The van der Waals surface area contributed by atoms with Crippen LogP contribution < -0.4 is 10.6 Å². The lowest BCUT2D eigenvalue weighted by Gasteiger charge is -2.31. The maximum absolute atomic E-state index is 5.85. The van der Waals surface area contributed by atoms with Crippen molar-refractivity contribution in [2.75, 3.05) is 38.6 Å². The fourth-order valence-electron chi connectivity index (χ4n) is 2.37. The van der Waals surface area contributed by atoms with Crippen LogP contribution in [0, 0.1) is 5.92 Å². The molecule has 102 valence electrons. The van der Waals surface area contributed by atoms with Crippen molar-refractivity contribution >= 4 is 16.5 Å². The van der Waals surface area contributed by atoms with E-state index in [1.807, 2.05) is 6.92 Å². The standard InChI is InChI=1S/C13H24N4S/c1-10(14)12-9-18-13(15-12)17(3)8-11-4-6-16(2)7-5-11/h9-11H,4-8,14H2,1-3H3. The average Bonchev–Trinajstić information content (AvgIpc) is 2.81. The van der Waals surface area contributed by atoms with Crippen molar-refractivity contribution in [1.29, 1.82) is 0 Å². The summed E-state index contributed by atoms with van der Waals surface area (Å²) in [6, 6.07) is 0.0340. The highest BCUT2D eigenvalue weighted by Gasteiger charge is 2.19. The number of thiazole rings is 1. The Labute approximate surface area is 114 Å². The average molecular weight is 268 g/mol. The van der Waals surface area contributed by atoms with E-state index in [-0.39, 0.29) is 6.04 Å². The van der Waals surface area contributed by atoms with Gasteiger partial charge in [-0.05, 0) is 45.8 Å². The van der Waals surface area contributed by atoms with Gasteiger partial charge in [0.1, 0.15) is 0 Å². The van der Waals surface area contributed by atoms with Crippen LogP contribution in [0.4, 0.5) is 5.13 Å². The molecular weight excluding hydrogens is 244 g/mol. The molecule has 0 bridgehead atoms. The van der Waals surface area contributed by atoms with Crippen LogP contribution >= 0.6 is 11.3 Å². The highest BCUT2D eigenvalue weighted by Crippen LogP contribution is 2.25. The van der Waals surface area contributed by atoms with E-state index < -0.39 is 0 Å². The lowest BCUT2D eigenvalue weighted by Crippen LogP contribution is -2.35. The molecule has 0 radical (unpaired) electrons. The fourth-order valence-corrected chi connectivity index (χ4v) is 3.28. The largest absolute Gasteiger partial charge is 0.351 e. The maximum atomic E-state index is 5.85. The zero-order valence-electron chi connectivity index (χ0n) is 11.6. The highest BCUT2D eigenvalue weighted by atomic mass is 32.1. The number of piperidine rings is 1. The second-order valence-corrected chi connectivity index (χ2v) is 6.31. The number of hydrogen-bond donors (Lipinski definition) is 1. The Morgan fingerprint density at radius 3 is 2.78 bits per heavy atom. The predicted molar refractivity (Wildman–Crippen MR) is 78.2 cm³/mol. The number of nitrogens with zero attached hydrogens (tertiary/aromatic N) is 3. The van der Waals surface area contributed by atoms with Crippen molar-refractivity contribution in [3.63, 3.8) is 0 Å². The highest BCUT2D eigenvalue weighted by molar-refractivity contribution is 7.13. The van der Waals surface area contributed by atoms with Gasteiger partial charge in [0, 0.05) is 25.0 Å². The van der Waals surface area contributed by atoms with Gasteiger partial charge in [-0.25, -0.2) is 4.98 Å². The number of aromatic nitrogens is 1. The van der Waals surface area contributed by atoms with Crippen LogP contribution in [0.1, 0.15) is 31.5 Å². The number of anilines is 1. The molecule has 1 aromatic heterocycles. The Bertz CT molecular complexity index is 369. The van der Waals surface area contributed by atoms with Gasteiger partial charge < -0.3 is 15.5 Å². The summed E-state index contributed by atoms with van der Waals surface area (Å²) in [5.74, 6) is 0.800. The zero-order valence-corrected chi connectivity index (χ0v) is 12.4. The molecule has 2 rings (SSSR count). The molecule has 1 aliphatic heterocycles. The van der Waals surface area contributed by atoms with Crippen molar-refractivity contribution in [1.82, 2.24) is 9.88 Å². The van der Waals surface area contributed by atoms with Crippen LogP contribution in [-0.2, 0) is 0 Å². The van der Waals surface area contributed by atoms with Gasteiger partial charge in [0.15, 0.2) is 5.13 Å². The molecule has 1 aromatic rings. The molecule has 0 saturated carbocycles. The molecule has 0 amide bonds. The van der Waals surface area contributed by atoms with Gasteiger partial charge in [0.25, 0.3) is 0 Å². The van der Waals surface area contributed by atoms with Gasteiger partial charge in [-0.1, -0.05) is 0 Å². The van der Waals surface area contributed by atoms with E-state index in [0.29, 0.717) is 0 Å². The topological polar surface area (TPSA) is 45.4 Å². The molecule has 1 unspecified atom stereocenters. The summed E-state index contributed by atoms with van der Waals surface area (Å²) in [7, 11) is 4.35. The molecule has 18 heavy (non-hydrogen) atoms. The third kappa shape index (κ3) is 3.43. The molecule has 1 aliphatic rings. The smallest absolute Gasteiger partial charge is 0.185 e. The van der Waals surface area contributed by atoms with Crippen LogP contribution in [0.2, 0.25) is 0 Å². The molecular formula is C13H24N4S. The van der Waals surface area contributed by atoms with Crippen LogP contribution in [-0.4, -0.2) is 43.6 Å². The summed E-state index contributed by atoms with van der Waals surface area (Å²) >= 11 is 1.70. The fraction of sp³-hybridized carbons (Fsp3) is 0.769. The summed E-state index contributed by atoms with van der Waals surface area (Å²) in [6.45, 7) is 5.54. The lowest BCUT2D eigenvalue weighted by atomic mass is 9.97. The van der Waals surface area contributed by atoms with Crippen LogP contribution in [0.5, 0.6) is 0 Å². The van der Waals surface area contributed by atoms with E-state index in [4.69, 9.17) is 5.73 Å². The first-order chi connectivity index (χ1) is 8.56. The first kappa shape index (κ1) is 13.8. The summed E-state index contributed by atoms with van der Waals surface area (Å²) in [5.41, 5.74) is 6.85. The van der Waals surface area contributed by atoms with Crippen LogP contribution in [0.25, 0.3) is 0 Å². The van der Waals surface area contributed by atoms with Gasteiger partial charge in [-0.2, -0.15) is 0 Å². The SMILES string of the molecule is CC(N)c1csc(N(C)CC2CCN(C)CC2)n1. The van der Waals surface area contributed by atoms with E-state index in [1.165, 1.54) is 25.9 Å². The second kappa shape index (κ2) is 5.99. The van der Waals surface area contributed by atoms with Crippen molar-refractivity contribution in [3.05, 3.63) is 11.1 Å². The van der Waals surface area contributed by atoms with Crippen LogP contribution in [0.15, 0.2) is 5.38 Å². The number of hydrogen-bond acceptors (Lipinski definition) is 5. The van der Waals surface area contributed by atoms with Crippen molar-refractivity contribution in [3.8, 4) is 0 Å². The van der Waals surface area contributed by atoms with Crippen LogP contribution in [0.3, 0.4) is 0 Å². The van der Waals surface area contributed by atoms with Gasteiger partial charge in [-0.3, -0.25) is 0 Å². The quantitative estimate of drug-likeness (QED) is 0.906. The third-order valence-corrected chi connectivity index (χ3v) is 4.65. The van der Waals surface area contributed by atoms with Crippen molar-refractivity contribution in [2.24, 2.45) is 11.7 Å². The van der Waals surface area contributed by atoms with E-state index in [1.54, 1.807) is 11.3 Å². The molecule has 0 aliphatic carbocycles. The summed E-state index contributed by atoms with van der Waals surface area (Å²) < 4.78 is 0. The zero-order chi connectivity index (χ0) is 13.1. The minimum absolute atomic E-state index is 0.0340. The van der Waals surface area contributed by atoms with E-state index in [9.17, 15) is 0 Å². The Kier molecular flexibility index (Phi) is 4.59. The molecule has 4 nitrogen and oxygen atoms in total. The molecule has 5 heteroatoms. The first-order valence-corrected chi connectivity index (χ1v) is 7.55.